The number of benzene rings is 2. The van der Waals surface area contributed by atoms with Gasteiger partial charge in [0.05, 0.1) is 35.3 Å². The predicted octanol–water partition coefficient (Wildman–Crippen LogP) is 2.43. The second-order valence-corrected chi connectivity index (χ2v) is 11.7. The molecule has 0 aromatic heterocycles. The normalized spacial score (nSPS) is 14.9. The standard InChI is InChI=1S/C22H29N3O7S2/c1-15(2)24-33(27,28)16-7-10-21(32-4)19(14-16)23-22(26)18-13-17(8-9-20(18)31-3)34(29,30)25-11-5-6-12-25/h7-10,13-15,24H,5-6,11-12H2,1-4H3,(H,23,26). The SMILES string of the molecule is COc1ccc(S(=O)(=O)NC(C)C)cc1NC(=O)c1cc(S(=O)(=O)N2CCCC2)ccc1OC. The van der Waals surface area contributed by atoms with Crippen molar-refractivity contribution in [3.05, 3.63) is 42.0 Å². The zero-order valence-corrected chi connectivity index (χ0v) is 21.1. The van der Waals surface area contributed by atoms with Gasteiger partial charge in [0.2, 0.25) is 20.0 Å². The number of carbonyl (C=O) groups is 1. The second-order valence-electron chi connectivity index (χ2n) is 8.07. The van der Waals surface area contributed by atoms with Crippen molar-refractivity contribution in [1.82, 2.24) is 9.03 Å². The number of ether oxygens (including phenoxy) is 2. The maximum Gasteiger partial charge on any atom is 0.259 e. The highest BCUT2D eigenvalue weighted by molar-refractivity contribution is 7.89. The van der Waals surface area contributed by atoms with Gasteiger partial charge < -0.3 is 14.8 Å². The highest BCUT2D eigenvalue weighted by Gasteiger charge is 2.29. The van der Waals surface area contributed by atoms with Crippen molar-refractivity contribution < 1.29 is 31.1 Å². The Labute approximate surface area is 200 Å². The monoisotopic (exact) mass is 511 g/mol. The van der Waals surface area contributed by atoms with Crippen LogP contribution in [0.25, 0.3) is 0 Å². The van der Waals surface area contributed by atoms with Crippen molar-refractivity contribution in [2.75, 3.05) is 32.6 Å². The van der Waals surface area contributed by atoms with Gasteiger partial charge in [-0.05, 0) is 63.1 Å². The van der Waals surface area contributed by atoms with E-state index in [2.05, 4.69) is 10.0 Å². The van der Waals surface area contributed by atoms with Crippen LogP contribution in [0, 0.1) is 0 Å². The Hall–Kier alpha value is -2.67. The fourth-order valence-electron chi connectivity index (χ4n) is 3.62. The first-order valence-corrected chi connectivity index (χ1v) is 13.6. The van der Waals surface area contributed by atoms with Crippen LogP contribution in [0.5, 0.6) is 11.5 Å². The van der Waals surface area contributed by atoms with Crippen molar-refractivity contribution in [2.45, 2.75) is 42.5 Å². The Balaban J connectivity index is 1.98. The van der Waals surface area contributed by atoms with Gasteiger partial charge >= 0.3 is 0 Å². The molecule has 1 heterocycles. The van der Waals surface area contributed by atoms with Gasteiger partial charge in [-0.1, -0.05) is 0 Å². The number of nitrogens with zero attached hydrogens (tertiary/aromatic N) is 1. The van der Waals surface area contributed by atoms with Crippen LogP contribution in [0.2, 0.25) is 0 Å². The lowest BCUT2D eigenvalue weighted by Crippen LogP contribution is -2.30. The summed E-state index contributed by atoms with van der Waals surface area (Å²) in [6.45, 7) is 4.25. The lowest BCUT2D eigenvalue weighted by molar-refractivity contribution is 0.102. The molecule has 10 nitrogen and oxygen atoms in total. The molecule has 0 spiro atoms. The molecule has 186 valence electrons. The molecule has 3 rings (SSSR count). The summed E-state index contributed by atoms with van der Waals surface area (Å²) in [6, 6.07) is 7.82. The van der Waals surface area contributed by atoms with Crippen LogP contribution < -0.4 is 19.5 Å². The van der Waals surface area contributed by atoms with Crippen LogP contribution in [-0.4, -0.2) is 60.4 Å². The van der Waals surface area contributed by atoms with Crippen molar-refractivity contribution >= 4 is 31.6 Å². The number of carbonyl (C=O) groups excluding carboxylic acids is 1. The summed E-state index contributed by atoms with van der Waals surface area (Å²) in [5.74, 6) is -0.279. The molecular formula is C22H29N3O7S2. The Bertz CT molecular complexity index is 1270. The molecule has 12 heteroatoms. The predicted molar refractivity (Wildman–Crippen MR) is 127 cm³/mol. The van der Waals surface area contributed by atoms with E-state index in [0.29, 0.717) is 13.1 Å². The fourth-order valence-corrected chi connectivity index (χ4v) is 6.44. The fraction of sp³-hybridized carbons (Fsp3) is 0.409. The maximum absolute atomic E-state index is 13.2. The number of anilines is 1. The molecule has 1 fully saturated rings. The summed E-state index contributed by atoms with van der Waals surface area (Å²) in [7, 11) is -4.83. The van der Waals surface area contributed by atoms with Gasteiger partial charge in [-0.25, -0.2) is 21.6 Å². The van der Waals surface area contributed by atoms with Crippen LogP contribution in [-0.2, 0) is 20.0 Å². The minimum Gasteiger partial charge on any atom is -0.496 e. The minimum atomic E-state index is -3.82. The third kappa shape index (κ3) is 5.52. The van der Waals surface area contributed by atoms with Crippen LogP contribution in [0.4, 0.5) is 5.69 Å². The average molecular weight is 512 g/mol. The summed E-state index contributed by atoms with van der Waals surface area (Å²) in [4.78, 5) is 13.1. The van der Waals surface area contributed by atoms with Crippen LogP contribution in [0.1, 0.15) is 37.0 Å². The topological polar surface area (TPSA) is 131 Å². The molecule has 1 amide bonds. The zero-order valence-electron chi connectivity index (χ0n) is 19.5. The Kier molecular flexibility index (Phi) is 7.86. The van der Waals surface area contributed by atoms with E-state index in [-0.39, 0.29) is 38.6 Å². The van der Waals surface area contributed by atoms with Crippen molar-refractivity contribution in [3.8, 4) is 11.5 Å². The van der Waals surface area contributed by atoms with E-state index in [1.165, 1.54) is 54.9 Å². The molecule has 1 aliphatic rings. The number of methoxy groups -OCH3 is 2. The van der Waals surface area contributed by atoms with E-state index in [9.17, 15) is 21.6 Å². The number of hydrogen-bond donors (Lipinski definition) is 2. The number of rotatable bonds is 9. The van der Waals surface area contributed by atoms with E-state index in [1.807, 2.05) is 0 Å². The molecule has 34 heavy (non-hydrogen) atoms. The van der Waals surface area contributed by atoms with Crippen LogP contribution in [0.15, 0.2) is 46.2 Å². The summed E-state index contributed by atoms with van der Waals surface area (Å²) in [5.41, 5.74) is 0.0902. The molecule has 2 N–H and O–H groups in total. The Morgan fingerprint density at radius 2 is 1.50 bits per heavy atom. The summed E-state index contributed by atoms with van der Waals surface area (Å²) >= 11 is 0. The van der Waals surface area contributed by atoms with Gasteiger partial charge in [-0.15, -0.1) is 0 Å². The lowest BCUT2D eigenvalue weighted by atomic mass is 10.1. The van der Waals surface area contributed by atoms with E-state index >= 15 is 0 Å². The molecule has 0 unspecified atom stereocenters. The number of hydrogen-bond acceptors (Lipinski definition) is 7. The van der Waals surface area contributed by atoms with Crippen molar-refractivity contribution in [1.29, 1.82) is 0 Å². The third-order valence-electron chi connectivity index (χ3n) is 5.24. The highest BCUT2D eigenvalue weighted by atomic mass is 32.2. The quantitative estimate of drug-likeness (QED) is 0.529. The molecular weight excluding hydrogens is 482 g/mol. The lowest BCUT2D eigenvalue weighted by Gasteiger charge is -2.18. The largest absolute Gasteiger partial charge is 0.496 e. The Morgan fingerprint density at radius 1 is 0.912 bits per heavy atom. The third-order valence-corrected chi connectivity index (χ3v) is 8.79. The first kappa shape index (κ1) is 25.9. The van der Waals surface area contributed by atoms with Gasteiger partial charge in [0.25, 0.3) is 5.91 Å². The molecule has 1 saturated heterocycles. The minimum absolute atomic E-state index is 0.0154. The van der Waals surface area contributed by atoms with Crippen molar-refractivity contribution in [3.63, 3.8) is 0 Å². The molecule has 0 atom stereocenters. The summed E-state index contributed by atoms with van der Waals surface area (Å²) < 4.78 is 65.5. The van der Waals surface area contributed by atoms with E-state index < -0.39 is 26.0 Å². The van der Waals surface area contributed by atoms with Crippen molar-refractivity contribution in [2.24, 2.45) is 0 Å². The molecule has 0 bridgehead atoms. The average Bonchev–Trinajstić information content (AvgIpc) is 3.33. The summed E-state index contributed by atoms with van der Waals surface area (Å²) in [5, 5.41) is 2.62. The van der Waals surface area contributed by atoms with E-state index in [0.717, 1.165) is 12.8 Å². The number of sulfonamides is 2. The molecule has 0 radical (unpaired) electrons. The first-order chi connectivity index (χ1) is 16.0. The molecule has 0 aliphatic carbocycles. The number of nitrogens with one attached hydrogen (secondary N) is 2. The van der Waals surface area contributed by atoms with Gasteiger partial charge in [-0.3, -0.25) is 4.79 Å². The van der Waals surface area contributed by atoms with Gasteiger partial charge in [0.15, 0.2) is 0 Å². The molecule has 2 aromatic rings. The smallest absolute Gasteiger partial charge is 0.259 e. The van der Waals surface area contributed by atoms with Gasteiger partial charge in [-0.2, -0.15) is 4.31 Å². The van der Waals surface area contributed by atoms with Crippen LogP contribution >= 0.6 is 0 Å². The number of amides is 1. The summed E-state index contributed by atoms with van der Waals surface area (Å²) in [6.07, 6.45) is 1.57. The first-order valence-electron chi connectivity index (χ1n) is 10.7. The highest BCUT2D eigenvalue weighted by Crippen LogP contribution is 2.31. The molecule has 1 aliphatic heterocycles. The second kappa shape index (κ2) is 10.3. The zero-order chi connectivity index (χ0) is 25.1. The van der Waals surface area contributed by atoms with Gasteiger partial charge in [0, 0.05) is 19.1 Å². The molecule has 0 saturated carbocycles. The van der Waals surface area contributed by atoms with Crippen LogP contribution in [0.3, 0.4) is 0 Å². The molecule has 2 aromatic carbocycles. The maximum atomic E-state index is 13.2. The van der Waals surface area contributed by atoms with E-state index in [1.54, 1.807) is 13.8 Å². The van der Waals surface area contributed by atoms with Gasteiger partial charge in [0.1, 0.15) is 11.5 Å². The Morgan fingerprint density at radius 3 is 2.09 bits per heavy atom. The van der Waals surface area contributed by atoms with E-state index in [4.69, 9.17) is 9.47 Å².